The Bertz CT molecular complexity index is 1410. The molecule has 0 spiro atoms. The molecular weight excluding hydrogens is 434 g/mol. The smallest absolute Gasteiger partial charge is 0.262 e. The second-order valence-electron chi connectivity index (χ2n) is 8.90. The van der Waals surface area contributed by atoms with Crippen LogP contribution < -0.4 is 10.5 Å². The zero-order chi connectivity index (χ0) is 23.1. The van der Waals surface area contributed by atoms with Gasteiger partial charge in [-0.15, -0.1) is 10.2 Å². The van der Waals surface area contributed by atoms with E-state index in [9.17, 15) is 9.59 Å². The molecule has 7 nitrogen and oxygen atoms in total. The van der Waals surface area contributed by atoms with Crippen LogP contribution in [0.15, 0.2) is 58.5 Å². The SMILES string of the molecule is CC(C)CCn1c(=O)c2ccccc2n2c(SC(C)C(=O)N3CCc4ccccc43)nnc12. The fourth-order valence-electron chi connectivity index (χ4n) is 4.39. The van der Waals surface area contributed by atoms with Gasteiger partial charge in [-0.25, -0.2) is 0 Å². The summed E-state index contributed by atoms with van der Waals surface area (Å²) < 4.78 is 3.63. The topological polar surface area (TPSA) is 72.5 Å². The Morgan fingerprint density at radius 1 is 1.06 bits per heavy atom. The van der Waals surface area contributed by atoms with Crippen molar-refractivity contribution < 1.29 is 4.79 Å². The number of nitrogens with zero attached hydrogens (tertiary/aromatic N) is 5. The minimum Gasteiger partial charge on any atom is -0.311 e. The van der Waals surface area contributed by atoms with E-state index in [-0.39, 0.29) is 16.7 Å². The van der Waals surface area contributed by atoms with Gasteiger partial charge in [-0.05, 0) is 49.4 Å². The van der Waals surface area contributed by atoms with Crippen LogP contribution >= 0.6 is 11.8 Å². The van der Waals surface area contributed by atoms with E-state index in [2.05, 4.69) is 30.1 Å². The van der Waals surface area contributed by atoms with Gasteiger partial charge in [0.15, 0.2) is 5.16 Å². The van der Waals surface area contributed by atoms with Gasteiger partial charge in [-0.2, -0.15) is 0 Å². The average Bonchev–Trinajstić information content (AvgIpc) is 3.43. The highest BCUT2D eigenvalue weighted by atomic mass is 32.2. The summed E-state index contributed by atoms with van der Waals surface area (Å²) in [6.07, 6.45) is 1.74. The van der Waals surface area contributed by atoms with Gasteiger partial charge in [-0.3, -0.25) is 18.6 Å². The monoisotopic (exact) mass is 461 g/mol. The minimum absolute atomic E-state index is 0.0548. The first-order valence-electron chi connectivity index (χ1n) is 11.4. The van der Waals surface area contributed by atoms with Gasteiger partial charge < -0.3 is 4.90 Å². The quantitative estimate of drug-likeness (QED) is 0.403. The van der Waals surface area contributed by atoms with Crippen LogP contribution in [0.4, 0.5) is 5.69 Å². The summed E-state index contributed by atoms with van der Waals surface area (Å²) >= 11 is 1.39. The Morgan fingerprint density at radius 2 is 1.82 bits per heavy atom. The highest BCUT2D eigenvalue weighted by Crippen LogP contribution is 2.32. The Kier molecular flexibility index (Phi) is 5.70. The Morgan fingerprint density at radius 3 is 2.64 bits per heavy atom. The molecule has 8 heteroatoms. The molecule has 3 heterocycles. The fraction of sp³-hybridized carbons (Fsp3) is 0.360. The molecule has 1 unspecified atom stereocenters. The fourth-order valence-corrected chi connectivity index (χ4v) is 5.31. The minimum atomic E-state index is -0.349. The number of fused-ring (bicyclic) bond motifs is 4. The van der Waals surface area contributed by atoms with E-state index in [1.165, 1.54) is 17.3 Å². The predicted octanol–water partition coefficient (Wildman–Crippen LogP) is 4.16. The molecule has 1 aliphatic heterocycles. The number of aryl methyl sites for hydroxylation is 1. The van der Waals surface area contributed by atoms with Crippen molar-refractivity contribution in [3.63, 3.8) is 0 Å². The number of amides is 1. The number of hydrogen-bond acceptors (Lipinski definition) is 5. The first-order valence-corrected chi connectivity index (χ1v) is 12.3. The number of thioether (sulfide) groups is 1. The third kappa shape index (κ3) is 3.82. The summed E-state index contributed by atoms with van der Waals surface area (Å²) in [5, 5.41) is 9.69. The van der Waals surface area contributed by atoms with E-state index in [4.69, 9.17) is 0 Å². The van der Waals surface area contributed by atoms with Crippen LogP contribution in [0.3, 0.4) is 0 Å². The largest absolute Gasteiger partial charge is 0.311 e. The summed E-state index contributed by atoms with van der Waals surface area (Å²) in [6.45, 7) is 7.45. The molecule has 170 valence electrons. The Hall–Kier alpha value is -3.13. The molecule has 0 bridgehead atoms. The van der Waals surface area contributed by atoms with Gasteiger partial charge in [0.25, 0.3) is 5.56 Å². The van der Waals surface area contributed by atoms with E-state index < -0.39 is 0 Å². The molecule has 1 amide bonds. The van der Waals surface area contributed by atoms with Gasteiger partial charge in [-0.1, -0.05) is 55.9 Å². The maximum atomic E-state index is 13.3. The lowest BCUT2D eigenvalue weighted by Gasteiger charge is -2.21. The van der Waals surface area contributed by atoms with Gasteiger partial charge in [0, 0.05) is 18.8 Å². The van der Waals surface area contributed by atoms with Crippen LogP contribution in [0, 0.1) is 5.92 Å². The summed E-state index contributed by atoms with van der Waals surface area (Å²) in [5.41, 5.74) is 2.91. The molecular formula is C25H27N5O2S. The Balaban J connectivity index is 1.53. The van der Waals surface area contributed by atoms with Gasteiger partial charge >= 0.3 is 0 Å². The molecule has 33 heavy (non-hydrogen) atoms. The van der Waals surface area contributed by atoms with Crippen LogP contribution in [-0.4, -0.2) is 36.9 Å². The van der Waals surface area contributed by atoms with Crippen molar-refractivity contribution in [1.29, 1.82) is 0 Å². The lowest BCUT2D eigenvalue weighted by atomic mass is 10.1. The van der Waals surface area contributed by atoms with Crippen LogP contribution in [0.2, 0.25) is 0 Å². The van der Waals surface area contributed by atoms with Gasteiger partial charge in [0.05, 0.1) is 16.2 Å². The van der Waals surface area contributed by atoms with Crippen LogP contribution in [0.25, 0.3) is 16.7 Å². The third-order valence-electron chi connectivity index (χ3n) is 6.19. The molecule has 1 atom stereocenters. The normalized spacial score (nSPS) is 14.4. The summed E-state index contributed by atoms with van der Waals surface area (Å²) in [4.78, 5) is 28.4. The van der Waals surface area contributed by atoms with Gasteiger partial charge in [0.1, 0.15) is 0 Å². The van der Waals surface area contributed by atoms with Crippen molar-refractivity contribution in [2.24, 2.45) is 5.92 Å². The molecule has 0 saturated heterocycles. The number of rotatable bonds is 6. The zero-order valence-corrected chi connectivity index (χ0v) is 19.9. The second-order valence-corrected chi connectivity index (χ2v) is 10.2. The molecule has 2 aromatic carbocycles. The molecule has 2 aromatic heterocycles. The number of aromatic nitrogens is 4. The van der Waals surface area contributed by atoms with Crippen molar-refractivity contribution in [3.05, 3.63) is 64.4 Å². The maximum absolute atomic E-state index is 13.3. The number of carbonyl (C=O) groups excluding carboxylic acids is 1. The van der Waals surface area contributed by atoms with Crippen LogP contribution in [-0.2, 0) is 17.8 Å². The van der Waals surface area contributed by atoms with Crippen molar-refractivity contribution in [3.8, 4) is 0 Å². The molecule has 0 N–H and O–H groups in total. The molecule has 5 rings (SSSR count). The second kappa shape index (κ2) is 8.67. The van der Waals surface area contributed by atoms with E-state index in [0.717, 1.165) is 24.0 Å². The molecule has 0 fully saturated rings. The molecule has 0 radical (unpaired) electrons. The highest BCUT2D eigenvalue weighted by molar-refractivity contribution is 8.00. The van der Waals surface area contributed by atoms with E-state index >= 15 is 0 Å². The van der Waals surface area contributed by atoms with E-state index in [0.29, 0.717) is 35.3 Å². The number of benzene rings is 2. The number of anilines is 1. The molecule has 1 aliphatic rings. The van der Waals surface area contributed by atoms with Crippen molar-refractivity contribution in [2.45, 2.75) is 50.6 Å². The number of para-hydroxylation sites is 2. The van der Waals surface area contributed by atoms with E-state index in [1.54, 1.807) is 4.57 Å². The standard InChI is InChI=1S/C25H27N5O2S/c1-16(2)12-14-29-23(32)19-9-5-7-11-21(19)30-24(29)26-27-25(30)33-17(3)22(31)28-15-13-18-8-4-6-10-20(18)28/h4-11,16-17H,12-15H2,1-3H3. The van der Waals surface area contributed by atoms with Gasteiger partial charge in [0.2, 0.25) is 11.7 Å². The molecule has 4 aromatic rings. The lowest BCUT2D eigenvalue weighted by Crippen LogP contribution is -2.35. The van der Waals surface area contributed by atoms with E-state index in [1.807, 2.05) is 58.7 Å². The zero-order valence-electron chi connectivity index (χ0n) is 19.1. The van der Waals surface area contributed by atoms with Crippen molar-refractivity contribution >= 4 is 40.0 Å². The number of hydrogen-bond donors (Lipinski definition) is 0. The number of carbonyl (C=O) groups is 1. The predicted molar refractivity (Wildman–Crippen MR) is 132 cm³/mol. The maximum Gasteiger partial charge on any atom is 0.262 e. The van der Waals surface area contributed by atoms with Crippen molar-refractivity contribution in [1.82, 2.24) is 19.2 Å². The lowest BCUT2D eigenvalue weighted by molar-refractivity contribution is -0.117. The van der Waals surface area contributed by atoms with Crippen LogP contribution in [0.1, 0.15) is 32.8 Å². The highest BCUT2D eigenvalue weighted by Gasteiger charge is 2.29. The summed E-state index contributed by atoms with van der Waals surface area (Å²) in [6, 6.07) is 15.6. The van der Waals surface area contributed by atoms with Crippen molar-refractivity contribution in [2.75, 3.05) is 11.4 Å². The molecule has 0 aliphatic carbocycles. The summed E-state index contributed by atoms with van der Waals surface area (Å²) in [7, 11) is 0. The summed E-state index contributed by atoms with van der Waals surface area (Å²) in [5.74, 6) is 1.04. The van der Waals surface area contributed by atoms with Crippen LogP contribution in [0.5, 0.6) is 0 Å². The first-order chi connectivity index (χ1) is 16.0. The average molecular weight is 462 g/mol. The third-order valence-corrected chi connectivity index (χ3v) is 7.22. The first kappa shape index (κ1) is 21.7. The molecule has 0 saturated carbocycles. The Labute approximate surface area is 196 Å².